The number of hydrogen-bond donors (Lipinski definition) is 1. The third-order valence-corrected chi connectivity index (χ3v) is 2.48. The van der Waals surface area contributed by atoms with Crippen molar-refractivity contribution in [2.45, 2.75) is 32.2 Å². The summed E-state index contributed by atoms with van der Waals surface area (Å²) in [5.41, 5.74) is 7.16. The van der Waals surface area contributed by atoms with E-state index in [0.29, 0.717) is 0 Å². The molecule has 0 aliphatic heterocycles. The van der Waals surface area contributed by atoms with Crippen LogP contribution in [0.4, 0.5) is 0 Å². The standard InChI is InChI=1S/C10H15BrN2/c1-2-3-4-9(12)8-5-6-13-10(11)7-8/h5-7,9H,2-4,12H2,1H3. The largest absolute Gasteiger partial charge is 0.324 e. The van der Waals surface area contributed by atoms with Crippen LogP contribution in [0.1, 0.15) is 37.8 Å². The molecule has 2 nitrogen and oxygen atoms in total. The number of nitrogens with two attached hydrogens (primary N) is 1. The SMILES string of the molecule is CCCCC(N)c1ccnc(Br)c1. The quantitative estimate of drug-likeness (QED) is 0.825. The Morgan fingerprint density at radius 2 is 2.38 bits per heavy atom. The van der Waals surface area contributed by atoms with E-state index in [-0.39, 0.29) is 6.04 Å². The summed E-state index contributed by atoms with van der Waals surface area (Å²) in [6.07, 6.45) is 5.21. The van der Waals surface area contributed by atoms with E-state index in [1.807, 2.05) is 12.1 Å². The van der Waals surface area contributed by atoms with Gasteiger partial charge in [-0.15, -0.1) is 0 Å². The number of pyridine rings is 1. The molecular formula is C10H15BrN2. The van der Waals surface area contributed by atoms with Gasteiger partial charge in [-0.1, -0.05) is 19.8 Å². The topological polar surface area (TPSA) is 38.9 Å². The molecule has 1 heterocycles. The minimum atomic E-state index is 0.152. The number of aromatic nitrogens is 1. The van der Waals surface area contributed by atoms with Crippen molar-refractivity contribution in [1.82, 2.24) is 4.98 Å². The van der Waals surface area contributed by atoms with Crippen LogP contribution in [0.25, 0.3) is 0 Å². The second-order valence-corrected chi connectivity index (χ2v) is 3.97. The van der Waals surface area contributed by atoms with Crippen molar-refractivity contribution in [3.05, 3.63) is 28.5 Å². The molecule has 0 aromatic carbocycles. The van der Waals surface area contributed by atoms with Crippen LogP contribution in [0.15, 0.2) is 22.9 Å². The van der Waals surface area contributed by atoms with E-state index in [9.17, 15) is 0 Å². The zero-order chi connectivity index (χ0) is 9.68. The number of nitrogens with zero attached hydrogens (tertiary/aromatic N) is 1. The highest BCUT2D eigenvalue weighted by molar-refractivity contribution is 9.10. The smallest absolute Gasteiger partial charge is 0.106 e. The molecule has 0 saturated heterocycles. The summed E-state index contributed by atoms with van der Waals surface area (Å²) in [6.45, 7) is 2.18. The van der Waals surface area contributed by atoms with Crippen molar-refractivity contribution in [1.29, 1.82) is 0 Å². The van der Waals surface area contributed by atoms with Crippen LogP contribution in [-0.2, 0) is 0 Å². The lowest BCUT2D eigenvalue weighted by atomic mass is 10.0. The molecule has 1 unspecified atom stereocenters. The van der Waals surface area contributed by atoms with Gasteiger partial charge < -0.3 is 5.73 Å². The van der Waals surface area contributed by atoms with Gasteiger partial charge in [0.2, 0.25) is 0 Å². The Morgan fingerprint density at radius 3 is 3.00 bits per heavy atom. The lowest BCUT2D eigenvalue weighted by Crippen LogP contribution is -2.09. The maximum absolute atomic E-state index is 6.00. The van der Waals surface area contributed by atoms with Crippen LogP contribution in [0, 0.1) is 0 Å². The predicted octanol–water partition coefficient (Wildman–Crippen LogP) is 3.03. The number of hydrogen-bond acceptors (Lipinski definition) is 2. The van der Waals surface area contributed by atoms with E-state index in [2.05, 4.69) is 27.8 Å². The van der Waals surface area contributed by atoms with Crippen molar-refractivity contribution in [3.63, 3.8) is 0 Å². The van der Waals surface area contributed by atoms with E-state index in [1.165, 1.54) is 12.8 Å². The third kappa shape index (κ3) is 3.44. The highest BCUT2D eigenvalue weighted by Crippen LogP contribution is 2.18. The Kier molecular flexibility index (Phi) is 4.39. The fourth-order valence-corrected chi connectivity index (χ4v) is 1.62. The first-order valence-electron chi connectivity index (χ1n) is 4.61. The summed E-state index contributed by atoms with van der Waals surface area (Å²) in [5.74, 6) is 0. The summed E-state index contributed by atoms with van der Waals surface area (Å²) >= 11 is 3.33. The first kappa shape index (κ1) is 10.7. The molecule has 72 valence electrons. The molecule has 0 bridgehead atoms. The molecule has 13 heavy (non-hydrogen) atoms. The minimum absolute atomic E-state index is 0.152. The van der Waals surface area contributed by atoms with E-state index in [0.717, 1.165) is 16.6 Å². The van der Waals surface area contributed by atoms with E-state index in [1.54, 1.807) is 6.20 Å². The van der Waals surface area contributed by atoms with Crippen LogP contribution in [-0.4, -0.2) is 4.98 Å². The second kappa shape index (κ2) is 5.35. The van der Waals surface area contributed by atoms with Crippen LogP contribution in [0.2, 0.25) is 0 Å². The molecular weight excluding hydrogens is 228 g/mol. The Labute approximate surface area is 87.7 Å². The summed E-state index contributed by atoms with van der Waals surface area (Å²) in [4.78, 5) is 4.06. The molecule has 0 saturated carbocycles. The Bertz CT molecular complexity index is 263. The lowest BCUT2D eigenvalue weighted by Gasteiger charge is -2.10. The van der Waals surface area contributed by atoms with Gasteiger partial charge >= 0.3 is 0 Å². The molecule has 1 aromatic rings. The van der Waals surface area contributed by atoms with Gasteiger partial charge in [-0.3, -0.25) is 0 Å². The van der Waals surface area contributed by atoms with E-state index in [4.69, 9.17) is 5.73 Å². The summed E-state index contributed by atoms with van der Waals surface area (Å²) in [6, 6.07) is 4.12. The normalized spacial score (nSPS) is 12.8. The number of halogens is 1. The first-order chi connectivity index (χ1) is 6.24. The fourth-order valence-electron chi connectivity index (χ4n) is 1.24. The summed E-state index contributed by atoms with van der Waals surface area (Å²) in [7, 11) is 0. The first-order valence-corrected chi connectivity index (χ1v) is 5.40. The molecule has 2 N–H and O–H groups in total. The number of unbranched alkanes of at least 4 members (excludes halogenated alkanes) is 1. The van der Waals surface area contributed by atoms with Crippen molar-refractivity contribution < 1.29 is 0 Å². The molecule has 0 amide bonds. The number of rotatable bonds is 4. The molecule has 0 aliphatic rings. The molecule has 0 spiro atoms. The van der Waals surface area contributed by atoms with Crippen molar-refractivity contribution in [3.8, 4) is 0 Å². The van der Waals surface area contributed by atoms with Gasteiger partial charge in [0.15, 0.2) is 0 Å². The molecule has 1 atom stereocenters. The highest BCUT2D eigenvalue weighted by Gasteiger charge is 2.05. The summed E-state index contributed by atoms with van der Waals surface area (Å²) in [5, 5.41) is 0. The monoisotopic (exact) mass is 242 g/mol. The average Bonchev–Trinajstić information content (AvgIpc) is 2.14. The van der Waals surface area contributed by atoms with Crippen molar-refractivity contribution >= 4 is 15.9 Å². The van der Waals surface area contributed by atoms with Gasteiger partial charge in [0.25, 0.3) is 0 Å². The van der Waals surface area contributed by atoms with Crippen molar-refractivity contribution in [2.75, 3.05) is 0 Å². The highest BCUT2D eigenvalue weighted by atomic mass is 79.9. The third-order valence-electron chi connectivity index (χ3n) is 2.05. The predicted molar refractivity (Wildman–Crippen MR) is 58.4 cm³/mol. The van der Waals surface area contributed by atoms with Crippen LogP contribution < -0.4 is 5.73 Å². The summed E-state index contributed by atoms with van der Waals surface area (Å²) < 4.78 is 0.858. The molecule has 1 aromatic heterocycles. The Morgan fingerprint density at radius 1 is 1.62 bits per heavy atom. The van der Waals surface area contributed by atoms with E-state index >= 15 is 0 Å². The van der Waals surface area contributed by atoms with Gasteiger partial charge in [-0.25, -0.2) is 4.98 Å². The zero-order valence-corrected chi connectivity index (χ0v) is 9.42. The van der Waals surface area contributed by atoms with Crippen LogP contribution >= 0.6 is 15.9 Å². The maximum atomic E-state index is 6.00. The fraction of sp³-hybridized carbons (Fsp3) is 0.500. The molecule has 0 aliphatic carbocycles. The average molecular weight is 243 g/mol. The van der Waals surface area contributed by atoms with Gasteiger partial charge in [0, 0.05) is 12.2 Å². The van der Waals surface area contributed by atoms with Gasteiger partial charge in [-0.2, -0.15) is 0 Å². The Balaban J connectivity index is 2.60. The van der Waals surface area contributed by atoms with Gasteiger partial charge in [-0.05, 0) is 40.0 Å². The molecule has 0 fully saturated rings. The zero-order valence-electron chi connectivity index (χ0n) is 7.83. The van der Waals surface area contributed by atoms with Gasteiger partial charge in [0.05, 0.1) is 0 Å². The second-order valence-electron chi connectivity index (χ2n) is 3.16. The minimum Gasteiger partial charge on any atom is -0.324 e. The van der Waals surface area contributed by atoms with Crippen LogP contribution in [0.5, 0.6) is 0 Å². The molecule has 0 radical (unpaired) electrons. The Hall–Kier alpha value is -0.410. The maximum Gasteiger partial charge on any atom is 0.106 e. The molecule has 3 heteroatoms. The van der Waals surface area contributed by atoms with Gasteiger partial charge in [0.1, 0.15) is 4.60 Å². The lowest BCUT2D eigenvalue weighted by molar-refractivity contribution is 0.602. The van der Waals surface area contributed by atoms with E-state index < -0.39 is 0 Å². The van der Waals surface area contributed by atoms with Crippen LogP contribution in [0.3, 0.4) is 0 Å². The molecule has 1 rings (SSSR count). The van der Waals surface area contributed by atoms with Crippen molar-refractivity contribution in [2.24, 2.45) is 5.73 Å².